The van der Waals surface area contributed by atoms with Crippen LogP contribution in [0.25, 0.3) is 21.9 Å². The highest BCUT2D eigenvalue weighted by molar-refractivity contribution is 7.99. The molecule has 1 aliphatic rings. The van der Waals surface area contributed by atoms with Crippen molar-refractivity contribution in [2.24, 2.45) is 11.8 Å². The summed E-state index contributed by atoms with van der Waals surface area (Å²) in [4.78, 5) is 24.1. The largest absolute Gasteiger partial charge is 0.508 e. The minimum Gasteiger partial charge on any atom is -0.508 e. The van der Waals surface area contributed by atoms with Gasteiger partial charge in [0, 0.05) is 33.7 Å². The van der Waals surface area contributed by atoms with Gasteiger partial charge >= 0.3 is 0 Å². The Hall–Kier alpha value is -3.19. The van der Waals surface area contributed by atoms with Crippen LogP contribution in [0.3, 0.4) is 0 Å². The third-order valence-electron chi connectivity index (χ3n) is 6.79. The molecule has 0 bridgehead atoms. The van der Waals surface area contributed by atoms with Gasteiger partial charge in [-0.1, -0.05) is 27.7 Å². The Kier molecular flexibility index (Phi) is 8.56. The van der Waals surface area contributed by atoms with Gasteiger partial charge in [-0.15, -0.1) is 0 Å². The van der Waals surface area contributed by atoms with Crippen molar-refractivity contribution >= 4 is 45.3 Å². The average molecular weight is 537 g/mol. The lowest BCUT2D eigenvalue weighted by molar-refractivity contribution is 0.0906. The molecule has 5 rings (SSSR count). The van der Waals surface area contributed by atoms with Crippen LogP contribution in [-0.4, -0.2) is 34.3 Å². The van der Waals surface area contributed by atoms with E-state index in [0.717, 1.165) is 46.1 Å². The normalized spacial score (nSPS) is 14.2. The second kappa shape index (κ2) is 11.7. The third-order valence-corrected chi connectivity index (χ3v) is 7.84. The Bertz CT molecular complexity index is 1450. The third kappa shape index (κ3) is 5.93. The van der Waals surface area contributed by atoms with Crippen molar-refractivity contribution in [3.63, 3.8) is 0 Å². The highest BCUT2D eigenvalue weighted by Gasteiger charge is 2.22. The van der Waals surface area contributed by atoms with Crippen LogP contribution in [0.5, 0.6) is 11.5 Å². The van der Waals surface area contributed by atoms with Gasteiger partial charge in [0.25, 0.3) is 0 Å². The summed E-state index contributed by atoms with van der Waals surface area (Å²) in [7, 11) is 0. The monoisotopic (exact) mass is 536 g/mol. The van der Waals surface area contributed by atoms with Crippen molar-refractivity contribution in [2.75, 3.05) is 11.5 Å². The Morgan fingerprint density at radius 2 is 1.34 bits per heavy atom. The van der Waals surface area contributed by atoms with Crippen LogP contribution in [0.2, 0.25) is 0 Å². The molecule has 0 aliphatic carbocycles. The van der Waals surface area contributed by atoms with Crippen molar-refractivity contribution in [3.8, 4) is 11.5 Å². The van der Waals surface area contributed by atoms with Crippen molar-refractivity contribution in [3.05, 3.63) is 59.0 Å². The molecule has 0 unspecified atom stereocenters. The molecule has 6 nitrogen and oxygen atoms in total. The van der Waals surface area contributed by atoms with Crippen molar-refractivity contribution in [2.45, 2.75) is 60.5 Å². The van der Waals surface area contributed by atoms with E-state index in [1.165, 1.54) is 11.5 Å². The standard InChI is InChI=1S/C18H22O3S.C13H14O3/c1-11(2)17(19)18-12(3)15-10-14(4-5-16(15)21-18)20-13-6-8-22-9-7-13;1-7(2)12(15)13-8(3)10-6-9(14)4-5-11(10)16-13/h4-5,10-11,13H,6-9H2,1-3H3;4-7,14H,1-3H3. The second-order valence-electron chi connectivity index (χ2n) is 10.4. The number of ketones is 2. The molecular weight excluding hydrogens is 500 g/mol. The van der Waals surface area contributed by atoms with E-state index in [0.29, 0.717) is 23.2 Å². The Labute approximate surface area is 227 Å². The number of carbonyl (C=O) groups is 2. The molecule has 0 saturated carbocycles. The van der Waals surface area contributed by atoms with Gasteiger partial charge in [0.2, 0.25) is 11.6 Å². The smallest absolute Gasteiger partial charge is 0.200 e. The topological polar surface area (TPSA) is 89.9 Å². The number of hydrogen-bond acceptors (Lipinski definition) is 7. The first kappa shape index (κ1) is 27.8. The maximum Gasteiger partial charge on any atom is 0.200 e. The first-order valence-electron chi connectivity index (χ1n) is 13.1. The van der Waals surface area contributed by atoms with Gasteiger partial charge in [0.1, 0.15) is 28.8 Å². The van der Waals surface area contributed by atoms with Gasteiger partial charge < -0.3 is 18.7 Å². The molecule has 202 valence electrons. The maximum atomic E-state index is 12.2. The molecule has 2 aromatic carbocycles. The van der Waals surface area contributed by atoms with E-state index in [9.17, 15) is 14.7 Å². The summed E-state index contributed by atoms with van der Waals surface area (Å²) >= 11 is 1.99. The van der Waals surface area contributed by atoms with Crippen LogP contribution in [0.15, 0.2) is 45.2 Å². The number of hydrogen-bond donors (Lipinski definition) is 1. The molecule has 0 atom stereocenters. The summed E-state index contributed by atoms with van der Waals surface area (Å²) in [5.41, 5.74) is 3.11. The summed E-state index contributed by atoms with van der Waals surface area (Å²) in [6.07, 6.45) is 2.51. The van der Waals surface area contributed by atoms with Crippen LogP contribution >= 0.6 is 11.8 Å². The molecule has 1 fully saturated rings. The molecule has 1 saturated heterocycles. The molecule has 3 heterocycles. The number of fused-ring (bicyclic) bond motifs is 2. The fourth-order valence-corrected chi connectivity index (χ4v) is 5.53. The molecular formula is C31H36O6S. The molecule has 1 aliphatic heterocycles. The number of phenolic OH excluding ortho intramolecular Hbond substituents is 1. The molecule has 0 spiro atoms. The number of rotatable bonds is 6. The van der Waals surface area contributed by atoms with Crippen LogP contribution in [0.4, 0.5) is 0 Å². The average Bonchev–Trinajstić information content (AvgIpc) is 3.40. The molecule has 2 aromatic heterocycles. The highest BCUT2D eigenvalue weighted by Crippen LogP contribution is 2.32. The van der Waals surface area contributed by atoms with Gasteiger partial charge in [-0.2, -0.15) is 11.8 Å². The summed E-state index contributed by atoms with van der Waals surface area (Å²) < 4.78 is 17.4. The highest BCUT2D eigenvalue weighted by atomic mass is 32.2. The summed E-state index contributed by atoms with van der Waals surface area (Å²) in [5, 5.41) is 11.2. The Morgan fingerprint density at radius 3 is 1.87 bits per heavy atom. The minimum absolute atomic E-state index is 0.00631. The number of thioether (sulfide) groups is 1. The van der Waals surface area contributed by atoms with E-state index in [-0.39, 0.29) is 29.2 Å². The van der Waals surface area contributed by atoms with Crippen LogP contribution < -0.4 is 4.74 Å². The summed E-state index contributed by atoms with van der Waals surface area (Å²) in [5.74, 6) is 4.18. The molecule has 0 amide bonds. The van der Waals surface area contributed by atoms with E-state index < -0.39 is 0 Å². The Morgan fingerprint density at radius 1 is 0.842 bits per heavy atom. The lowest BCUT2D eigenvalue weighted by Gasteiger charge is -2.22. The zero-order valence-electron chi connectivity index (χ0n) is 22.9. The van der Waals surface area contributed by atoms with Crippen molar-refractivity contribution in [1.82, 2.24) is 0 Å². The van der Waals surface area contributed by atoms with Gasteiger partial charge in [-0.05, 0) is 74.6 Å². The predicted molar refractivity (Wildman–Crippen MR) is 153 cm³/mol. The Balaban J connectivity index is 0.000000186. The number of aryl methyl sites for hydroxylation is 2. The molecule has 4 aromatic rings. The van der Waals surface area contributed by atoms with Crippen LogP contribution in [-0.2, 0) is 0 Å². The number of ether oxygens (including phenoxy) is 1. The number of benzene rings is 2. The predicted octanol–water partition coefficient (Wildman–Crippen LogP) is 8.14. The van der Waals surface area contributed by atoms with Crippen molar-refractivity contribution < 1.29 is 28.3 Å². The number of Topliss-reactive ketones (excluding diaryl/α,β-unsaturated/α-hetero) is 2. The molecule has 1 N–H and O–H groups in total. The first-order chi connectivity index (χ1) is 18.1. The maximum absolute atomic E-state index is 12.2. The van der Waals surface area contributed by atoms with E-state index in [1.54, 1.807) is 18.2 Å². The van der Waals surface area contributed by atoms with E-state index >= 15 is 0 Å². The van der Waals surface area contributed by atoms with E-state index in [1.807, 2.05) is 71.5 Å². The zero-order chi connectivity index (χ0) is 27.6. The fraction of sp³-hybridized carbons (Fsp3) is 0.419. The zero-order valence-corrected chi connectivity index (χ0v) is 23.7. The minimum atomic E-state index is -0.0899. The lowest BCUT2D eigenvalue weighted by atomic mass is 10.0. The number of carbonyl (C=O) groups excluding carboxylic acids is 2. The lowest BCUT2D eigenvalue weighted by Crippen LogP contribution is -2.21. The van der Waals surface area contributed by atoms with Gasteiger partial charge in [0.05, 0.1) is 0 Å². The van der Waals surface area contributed by atoms with Crippen LogP contribution in [0, 0.1) is 25.7 Å². The molecule has 7 heteroatoms. The summed E-state index contributed by atoms with van der Waals surface area (Å²) in [6, 6.07) is 10.7. The summed E-state index contributed by atoms with van der Waals surface area (Å²) in [6.45, 7) is 11.2. The first-order valence-corrected chi connectivity index (χ1v) is 14.3. The fourth-order valence-electron chi connectivity index (χ4n) is 4.46. The SMILES string of the molecule is Cc1c(C(=O)C(C)C)oc2ccc(O)cc12.Cc1c(C(=O)C(C)C)oc2ccc(OC3CCSCC3)cc12. The van der Waals surface area contributed by atoms with Crippen molar-refractivity contribution in [1.29, 1.82) is 0 Å². The molecule has 0 radical (unpaired) electrons. The second-order valence-corrected chi connectivity index (χ2v) is 11.6. The number of furan rings is 2. The number of phenols is 1. The van der Waals surface area contributed by atoms with Gasteiger partial charge in [-0.25, -0.2) is 0 Å². The van der Waals surface area contributed by atoms with E-state index in [2.05, 4.69) is 0 Å². The van der Waals surface area contributed by atoms with Crippen LogP contribution in [0.1, 0.15) is 72.8 Å². The van der Waals surface area contributed by atoms with E-state index in [4.69, 9.17) is 13.6 Å². The van der Waals surface area contributed by atoms with Gasteiger partial charge in [0.15, 0.2) is 11.5 Å². The van der Waals surface area contributed by atoms with Gasteiger partial charge in [-0.3, -0.25) is 9.59 Å². The quantitative estimate of drug-likeness (QED) is 0.249. The molecule has 38 heavy (non-hydrogen) atoms. The number of aromatic hydroxyl groups is 1.